The Labute approximate surface area is 150 Å². The van der Waals surface area contributed by atoms with E-state index in [1.54, 1.807) is 24.4 Å². The second kappa shape index (κ2) is 6.55. The van der Waals surface area contributed by atoms with Crippen LogP contribution in [0.15, 0.2) is 54.7 Å². The molecule has 0 aliphatic carbocycles. The minimum absolute atomic E-state index is 0.0209. The molecule has 132 valence electrons. The molecule has 0 spiro atoms. The van der Waals surface area contributed by atoms with Crippen molar-refractivity contribution in [2.24, 2.45) is 0 Å². The summed E-state index contributed by atoms with van der Waals surface area (Å²) in [6, 6.07) is 13.6. The fourth-order valence-electron chi connectivity index (χ4n) is 3.10. The highest BCUT2D eigenvalue weighted by molar-refractivity contribution is 5.60. The minimum Gasteiger partial charge on any atom is -0.492 e. The maximum absolute atomic E-state index is 13.0. The van der Waals surface area contributed by atoms with Gasteiger partial charge in [0.05, 0.1) is 18.2 Å². The molecule has 1 aliphatic heterocycles. The van der Waals surface area contributed by atoms with E-state index in [1.807, 2.05) is 18.2 Å². The van der Waals surface area contributed by atoms with Crippen molar-refractivity contribution in [1.29, 1.82) is 0 Å². The highest BCUT2D eigenvalue weighted by atomic mass is 19.1. The number of fused-ring (bicyclic) bond motifs is 1. The summed E-state index contributed by atoms with van der Waals surface area (Å²) in [5.74, 6) is 1.50. The largest absolute Gasteiger partial charge is 0.492 e. The molecular weight excluding hydrogens is 333 g/mol. The van der Waals surface area contributed by atoms with E-state index in [0.717, 1.165) is 22.4 Å². The Morgan fingerprint density at radius 2 is 1.92 bits per heavy atom. The van der Waals surface area contributed by atoms with Crippen LogP contribution in [0.4, 0.5) is 15.9 Å². The molecule has 1 unspecified atom stereocenters. The van der Waals surface area contributed by atoms with Gasteiger partial charge in [-0.25, -0.2) is 9.37 Å². The predicted molar refractivity (Wildman–Crippen MR) is 97.6 cm³/mol. The first-order valence-electron chi connectivity index (χ1n) is 8.25. The number of nitrogen functional groups attached to an aromatic ring is 2. The van der Waals surface area contributed by atoms with Gasteiger partial charge in [-0.1, -0.05) is 18.2 Å². The maximum atomic E-state index is 13.0. The Morgan fingerprint density at radius 3 is 2.73 bits per heavy atom. The summed E-state index contributed by atoms with van der Waals surface area (Å²) in [6.07, 6.45) is 1.64. The molecule has 0 saturated heterocycles. The fraction of sp³-hybridized carbons (Fsp3) is 0.150. The van der Waals surface area contributed by atoms with Gasteiger partial charge in [-0.15, -0.1) is 0 Å². The van der Waals surface area contributed by atoms with E-state index >= 15 is 0 Å². The molecule has 0 fully saturated rings. The van der Waals surface area contributed by atoms with Gasteiger partial charge in [0.25, 0.3) is 0 Å². The lowest BCUT2D eigenvalue weighted by Crippen LogP contribution is -2.07. The van der Waals surface area contributed by atoms with Gasteiger partial charge in [-0.2, -0.15) is 0 Å². The van der Waals surface area contributed by atoms with Crippen LogP contribution in [-0.4, -0.2) is 11.6 Å². The van der Waals surface area contributed by atoms with E-state index in [0.29, 0.717) is 30.5 Å². The number of nitrogens with zero attached hydrogens (tertiary/aromatic N) is 1. The van der Waals surface area contributed by atoms with Gasteiger partial charge in [0.1, 0.15) is 29.7 Å². The summed E-state index contributed by atoms with van der Waals surface area (Å²) in [4.78, 5) is 4.16. The minimum atomic E-state index is -0.277. The Bertz CT molecular complexity index is 944. The van der Waals surface area contributed by atoms with Crippen LogP contribution in [-0.2, 0) is 6.61 Å². The normalized spacial score (nSPS) is 15.3. The Kier molecular flexibility index (Phi) is 4.08. The van der Waals surface area contributed by atoms with Gasteiger partial charge in [0.2, 0.25) is 0 Å². The van der Waals surface area contributed by atoms with Crippen molar-refractivity contribution in [2.75, 3.05) is 18.1 Å². The molecule has 4 rings (SSSR count). The molecule has 0 saturated carbocycles. The highest BCUT2D eigenvalue weighted by Gasteiger charge is 2.29. The molecule has 3 aromatic rings. The summed E-state index contributed by atoms with van der Waals surface area (Å²) < 4.78 is 24.6. The lowest BCUT2D eigenvalue weighted by atomic mass is 9.93. The predicted octanol–water partition coefficient (Wildman–Crippen LogP) is 3.49. The SMILES string of the molecule is Nc1ccc(C2COc3ccnc(N)c32)cc1OCc1ccc(F)cc1. The number of rotatable bonds is 4. The Hall–Kier alpha value is -3.28. The van der Waals surface area contributed by atoms with Crippen molar-refractivity contribution in [3.8, 4) is 11.5 Å². The molecule has 1 atom stereocenters. The second-order valence-electron chi connectivity index (χ2n) is 6.18. The van der Waals surface area contributed by atoms with Crippen molar-refractivity contribution in [1.82, 2.24) is 4.98 Å². The average molecular weight is 351 g/mol. The Balaban J connectivity index is 1.59. The lowest BCUT2D eigenvalue weighted by molar-refractivity contribution is 0.306. The third-order valence-corrected chi connectivity index (χ3v) is 4.48. The van der Waals surface area contributed by atoms with Crippen LogP contribution in [0.25, 0.3) is 0 Å². The standard InChI is InChI=1S/C20H18FN3O2/c21-14-4-1-12(2-5-14)10-25-18-9-13(3-6-16(18)22)15-11-26-17-7-8-24-20(23)19(15)17/h1-9,15H,10-11,22H2,(H2,23,24). The number of anilines is 2. The van der Waals surface area contributed by atoms with Crippen molar-refractivity contribution in [2.45, 2.75) is 12.5 Å². The van der Waals surface area contributed by atoms with Crippen molar-refractivity contribution in [3.05, 3.63) is 77.2 Å². The number of ether oxygens (including phenoxy) is 2. The molecule has 2 aromatic carbocycles. The number of halogens is 1. The zero-order chi connectivity index (χ0) is 18.1. The molecule has 2 heterocycles. The first-order chi connectivity index (χ1) is 12.6. The van der Waals surface area contributed by atoms with Gasteiger partial charge in [0.15, 0.2) is 0 Å². The molecule has 5 nitrogen and oxygen atoms in total. The van der Waals surface area contributed by atoms with Crippen molar-refractivity contribution < 1.29 is 13.9 Å². The first-order valence-corrected chi connectivity index (χ1v) is 8.25. The molecule has 0 bridgehead atoms. The molecule has 6 heteroatoms. The van der Waals surface area contributed by atoms with E-state index in [4.69, 9.17) is 20.9 Å². The monoisotopic (exact) mass is 351 g/mol. The van der Waals surface area contributed by atoms with Gasteiger partial charge in [-0.3, -0.25) is 0 Å². The summed E-state index contributed by atoms with van der Waals surface area (Å²) in [7, 11) is 0. The Morgan fingerprint density at radius 1 is 1.12 bits per heavy atom. The third kappa shape index (κ3) is 3.01. The number of pyridine rings is 1. The van der Waals surface area contributed by atoms with E-state index in [-0.39, 0.29) is 11.7 Å². The summed E-state index contributed by atoms with van der Waals surface area (Å²) in [5.41, 5.74) is 15.4. The van der Waals surface area contributed by atoms with E-state index in [2.05, 4.69) is 4.98 Å². The van der Waals surface area contributed by atoms with E-state index in [1.165, 1.54) is 12.1 Å². The van der Waals surface area contributed by atoms with Gasteiger partial charge in [0, 0.05) is 11.8 Å². The third-order valence-electron chi connectivity index (χ3n) is 4.48. The quantitative estimate of drug-likeness (QED) is 0.703. The van der Waals surface area contributed by atoms with Crippen LogP contribution in [0.2, 0.25) is 0 Å². The smallest absolute Gasteiger partial charge is 0.142 e. The average Bonchev–Trinajstić information content (AvgIpc) is 3.08. The zero-order valence-corrected chi connectivity index (χ0v) is 14.0. The van der Waals surface area contributed by atoms with Gasteiger partial charge < -0.3 is 20.9 Å². The van der Waals surface area contributed by atoms with Crippen LogP contribution in [0.3, 0.4) is 0 Å². The van der Waals surface area contributed by atoms with Crippen LogP contribution >= 0.6 is 0 Å². The second-order valence-corrected chi connectivity index (χ2v) is 6.18. The number of benzene rings is 2. The number of nitrogens with two attached hydrogens (primary N) is 2. The molecule has 1 aromatic heterocycles. The molecule has 0 radical (unpaired) electrons. The van der Waals surface area contributed by atoms with Crippen LogP contribution in [0.1, 0.15) is 22.6 Å². The van der Waals surface area contributed by atoms with E-state index < -0.39 is 0 Å². The zero-order valence-electron chi connectivity index (χ0n) is 14.0. The van der Waals surface area contributed by atoms with Crippen molar-refractivity contribution >= 4 is 11.5 Å². The number of hydrogen-bond donors (Lipinski definition) is 2. The van der Waals surface area contributed by atoms with Crippen molar-refractivity contribution in [3.63, 3.8) is 0 Å². The summed E-state index contributed by atoms with van der Waals surface area (Å²) in [5, 5.41) is 0. The summed E-state index contributed by atoms with van der Waals surface area (Å²) in [6.45, 7) is 0.794. The van der Waals surface area contributed by atoms with Crippen LogP contribution in [0.5, 0.6) is 11.5 Å². The number of hydrogen-bond acceptors (Lipinski definition) is 5. The van der Waals surface area contributed by atoms with Crippen LogP contribution < -0.4 is 20.9 Å². The highest BCUT2D eigenvalue weighted by Crippen LogP contribution is 2.42. The fourth-order valence-corrected chi connectivity index (χ4v) is 3.10. The van der Waals surface area contributed by atoms with E-state index in [9.17, 15) is 4.39 Å². The molecule has 0 amide bonds. The van der Waals surface area contributed by atoms with Crippen LogP contribution in [0, 0.1) is 5.82 Å². The molecule has 4 N–H and O–H groups in total. The van der Waals surface area contributed by atoms with Gasteiger partial charge in [-0.05, 0) is 41.5 Å². The first kappa shape index (κ1) is 16.2. The molecule has 1 aliphatic rings. The molecular formula is C20H18FN3O2. The summed E-state index contributed by atoms with van der Waals surface area (Å²) >= 11 is 0. The topological polar surface area (TPSA) is 83.4 Å². The lowest BCUT2D eigenvalue weighted by Gasteiger charge is -2.15. The van der Waals surface area contributed by atoms with Gasteiger partial charge >= 0.3 is 0 Å². The maximum Gasteiger partial charge on any atom is 0.142 e. The number of aromatic nitrogens is 1. The molecule has 26 heavy (non-hydrogen) atoms.